The molecule has 0 aromatic heterocycles. The first-order valence-electron chi connectivity index (χ1n) is 9.84. The van der Waals surface area contributed by atoms with E-state index in [9.17, 15) is 26.4 Å². The van der Waals surface area contributed by atoms with Crippen LogP contribution in [-0.2, 0) is 23.5 Å². The Balaban J connectivity index is 1.99. The van der Waals surface area contributed by atoms with Crippen LogP contribution in [0.3, 0.4) is 0 Å². The predicted molar refractivity (Wildman–Crippen MR) is 104 cm³/mol. The van der Waals surface area contributed by atoms with E-state index in [1.807, 2.05) is 33.5 Å². The fourth-order valence-corrected chi connectivity index (χ4v) is 7.52. The zero-order valence-electron chi connectivity index (χ0n) is 17.4. The third-order valence-corrected chi connectivity index (χ3v) is 8.92. The molecule has 7 atom stereocenters. The lowest BCUT2D eigenvalue weighted by atomic mass is 9.61. The Hall–Kier alpha value is -0.713. The van der Waals surface area contributed by atoms with Gasteiger partial charge in [-0.3, -0.25) is 8.98 Å². The lowest BCUT2D eigenvalue weighted by molar-refractivity contribution is -0.140. The van der Waals surface area contributed by atoms with Crippen LogP contribution in [0, 0.1) is 35.0 Å². The summed E-state index contributed by atoms with van der Waals surface area (Å²) in [6, 6.07) is 0. The second-order valence-electron chi connectivity index (χ2n) is 9.95. The Labute approximate surface area is 171 Å². The van der Waals surface area contributed by atoms with Crippen LogP contribution in [0.4, 0.5) is 13.2 Å². The van der Waals surface area contributed by atoms with E-state index in [2.05, 4.69) is 10.8 Å². The molecule has 0 radical (unpaired) electrons. The average Bonchev–Trinajstić information content (AvgIpc) is 2.90. The maximum absolute atomic E-state index is 13.3. The van der Waals surface area contributed by atoms with Crippen LogP contribution in [0.15, 0.2) is 12.2 Å². The van der Waals surface area contributed by atoms with Gasteiger partial charge in [0.15, 0.2) is 8.32 Å². The molecule has 0 heterocycles. The van der Waals surface area contributed by atoms with Gasteiger partial charge in [0.1, 0.15) is 5.78 Å². The van der Waals surface area contributed by atoms with Gasteiger partial charge in [-0.25, -0.2) is 0 Å². The van der Waals surface area contributed by atoms with Crippen LogP contribution in [0.25, 0.3) is 0 Å². The molecule has 0 aliphatic heterocycles. The van der Waals surface area contributed by atoms with Crippen molar-refractivity contribution in [3.8, 4) is 0 Å². The molecule has 166 valence electrons. The maximum atomic E-state index is 13.3. The highest BCUT2D eigenvalue weighted by atomic mass is 32.2. The number of ketones is 1. The first kappa shape index (κ1) is 23.0. The summed E-state index contributed by atoms with van der Waals surface area (Å²) in [7, 11) is -7.85. The van der Waals surface area contributed by atoms with Crippen LogP contribution >= 0.6 is 0 Å². The summed E-state index contributed by atoms with van der Waals surface area (Å²) in [6.07, 6.45) is 0.981. The van der Waals surface area contributed by atoms with Crippen molar-refractivity contribution in [2.24, 2.45) is 35.0 Å². The third-order valence-electron chi connectivity index (χ3n) is 6.93. The van der Waals surface area contributed by atoms with Crippen molar-refractivity contribution in [3.05, 3.63) is 12.2 Å². The molecular weight excluding hydrogens is 425 g/mol. The first-order chi connectivity index (χ1) is 13.0. The van der Waals surface area contributed by atoms with Crippen LogP contribution < -0.4 is 0 Å². The summed E-state index contributed by atoms with van der Waals surface area (Å²) in [5.41, 5.74) is -5.14. The summed E-state index contributed by atoms with van der Waals surface area (Å²) >= 11 is 0. The van der Waals surface area contributed by atoms with E-state index in [1.54, 1.807) is 0 Å². The van der Waals surface area contributed by atoms with Gasteiger partial charge in [-0.1, -0.05) is 19.1 Å². The molecule has 3 aliphatic rings. The predicted octanol–water partition coefficient (Wildman–Crippen LogP) is 4.13. The highest BCUT2D eigenvalue weighted by molar-refractivity contribution is 7.87. The van der Waals surface area contributed by atoms with Gasteiger partial charge >= 0.3 is 15.6 Å². The standard InChI is InChI=1S/C19H29F3O5SSi/c1-10(2)11-7-8-18(3)15-13(11)14(17(18)23)12(16(15)27-29(4,5)6)9-26-28(24,25)19(20,21)22/h11-16H,1,7-9H2,2-6H3. The smallest absolute Gasteiger partial charge is 0.414 e. The minimum Gasteiger partial charge on any atom is -0.414 e. The maximum Gasteiger partial charge on any atom is 0.523 e. The molecule has 3 aliphatic carbocycles. The monoisotopic (exact) mass is 454 g/mol. The summed E-state index contributed by atoms with van der Waals surface area (Å²) in [5, 5.41) is 0. The minimum absolute atomic E-state index is 0.00434. The Morgan fingerprint density at radius 2 is 1.90 bits per heavy atom. The Morgan fingerprint density at radius 3 is 2.38 bits per heavy atom. The second kappa shape index (κ2) is 6.90. The SMILES string of the molecule is C=C(C)C1CCC2(C)C(=O)C3C(COS(=O)(=O)C(F)(F)F)C(O[Si](C)(C)C)C2C13. The van der Waals surface area contributed by atoms with E-state index in [0.717, 1.165) is 12.0 Å². The molecule has 0 amide bonds. The van der Waals surface area contributed by atoms with Crippen LogP contribution in [0.5, 0.6) is 0 Å². The zero-order valence-corrected chi connectivity index (χ0v) is 19.2. The van der Waals surface area contributed by atoms with Crippen LogP contribution in [-0.4, -0.2) is 40.7 Å². The van der Waals surface area contributed by atoms with Gasteiger partial charge in [-0.05, 0) is 51.2 Å². The third kappa shape index (κ3) is 3.63. The Kier molecular flexibility index (Phi) is 5.46. The number of allylic oxidation sites excluding steroid dienone is 1. The van der Waals surface area contributed by atoms with Gasteiger partial charge in [0.25, 0.3) is 0 Å². The minimum atomic E-state index is -5.73. The van der Waals surface area contributed by atoms with E-state index in [0.29, 0.717) is 6.42 Å². The van der Waals surface area contributed by atoms with Crippen molar-refractivity contribution in [2.45, 2.75) is 57.9 Å². The molecule has 4 bridgehead atoms. The van der Waals surface area contributed by atoms with E-state index in [1.165, 1.54) is 0 Å². The summed E-state index contributed by atoms with van der Waals surface area (Å²) in [4.78, 5) is 13.3. The molecule has 3 fully saturated rings. The number of Topliss-reactive ketones (excluding diaryl/α,β-unsaturated/α-hetero) is 1. The van der Waals surface area contributed by atoms with Crippen molar-refractivity contribution in [3.63, 3.8) is 0 Å². The molecule has 3 rings (SSSR count). The largest absolute Gasteiger partial charge is 0.523 e. The van der Waals surface area contributed by atoms with Crippen molar-refractivity contribution >= 4 is 24.2 Å². The van der Waals surface area contributed by atoms with Gasteiger partial charge < -0.3 is 4.43 Å². The van der Waals surface area contributed by atoms with Gasteiger partial charge in [-0.2, -0.15) is 21.6 Å². The number of alkyl halides is 3. The molecule has 29 heavy (non-hydrogen) atoms. The lowest BCUT2D eigenvalue weighted by Gasteiger charge is -2.46. The zero-order chi connectivity index (χ0) is 22.2. The molecule has 0 N–H and O–H groups in total. The van der Waals surface area contributed by atoms with Gasteiger partial charge in [0, 0.05) is 23.2 Å². The fourth-order valence-electron chi connectivity index (χ4n) is 5.92. The van der Waals surface area contributed by atoms with E-state index in [-0.39, 0.29) is 23.5 Å². The van der Waals surface area contributed by atoms with Crippen LogP contribution in [0.1, 0.15) is 26.7 Å². The van der Waals surface area contributed by atoms with Crippen molar-refractivity contribution in [1.29, 1.82) is 0 Å². The van der Waals surface area contributed by atoms with E-state index >= 15 is 0 Å². The topological polar surface area (TPSA) is 69.7 Å². The normalized spacial score (nSPS) is 39.8. The molecule has 0 aromatic rings. The molecular formula is C19H29F3O5SSi. The number of carbonyl (C=O) groups is 1. The van der Waals surface area contributed by atoms with E-state index in [4.69, 9.17) is 4.43 Å². The number of rotatable bonds is 6. The Morgan fingerprint density at radius 1 is 1.31 bits per heavy atom. The van der Waals surface area contributed by atoms with Gasteiger partial charge in [0.2, 0.25) is 0 Å². The number of hydrogen-bond acceptors (Lipinski definition) is 5. The Bertz CT molecular complexity index is 819. The van der Waals surface area contributed by atoms with Crippen molar-refractivity contribution in [2.75, 3.05) is 6.61 Å². The molecule has 5 nitrogen and oxygen atoms in total. The van der Waals surface area contributed by atoms with Crippen molar-refractivity contribution < 1.29 is 35.0 Å². The number of hydrogen-bond donors (Lipinski definition) is 0. The molecule has 0 spiro atoms. The van der Waals surface area contributed by atoms with Gasteiger partial charge in [0.05, 0.1) is 12.7 Å². The summed E-state index contributed by atoms with van der Waals surface area (Å²) in [5.74, 6) is -1.47. The summed E-state index contributed by atoms with van der Waals surface area (Å²) < 4.78 is 72.0. The highest BCUT2D eigenvalue weighted by Gasteiger charge is 2.72. The summed E-state index contributed by atoms with van der Waals surface area (Å²) in [6.45, 7) is 13.1. The molecule has 3 saturated carbocycles. The van der Waals surface area contributed by atoms with Gasteiger partial charge in [-0.15, -0.1) is 0 Å². The second-order valence-corrected chi connectivity index (χ2v) is 16.0. The number of halogens is 3. The highest BCUT2D eigenvalue weighted by Crippen LogP contribution is 2.68. The fraction of sp³-hybridized carbons (Fsp3) is 0.842. The molecule has 7 unspecified atom stereocenters. The lowest BCUT2D eigenvalue weighted by Crippen LogP contribution is -2.52. The first-order valence-corrected chi connectivity index (χ1v) is 14.7. The molecule has 10 heteroatoms. The van der Waals surface area contributed by atoms with Crippen molar-refractivity contribution in [1.82, 2.24) is 0 Å². The molecule has 0 aromatic carbocycles. The molecule has 0 saturated heterocycles. The number of carbonyl (C=O) groups excluding carboxylic acids is 1. The van der Waals surface area contributed by atoms with Crippen LogP contribution in [0.2, 0.25) is 19.6 Å². The quantitative estimate of drug-likeness (QED) is 0.261. The average molecular weight is 455 g/mol. The van der Waals surface area contributed by atoms with E-state index < -0.39 is 53.9 Å².